The maximum Gasteiger partial charge on any atom is 0.319 e. The first-order chi connectivity index (χ1) is 20.8. The lowest BCUT2D eigenvalue weighted by Gasteiger charge is -2.34. The number of piperazine rings is 1. The molecule has 8 rings (SSSR count). The Kier molecular flexibility index (Phi) is 6.20. The summed E-state index contributed by atoms with van der Waals surface area (Å²) < 4.78 is 68.3. The van der Waals surface area contributed by atoms with Crippen LogP contribution in [0.2, 0.25) is 0 Å². The fourth-order valence-corrected chi connectivity index (χ4v) is 7.89. The van der Waals surface area contributed by atoms with Crippen LogP contribution < -0.4 is 15.0 Å². The smallest absolute Gasteiger partial charge is 0.319 e. The second kappa shape index (κ2) is 9.92. The van der Waals surface area contributed by atoms with Crippen molar-refractivity contribution < 1.29 is 27.4 Å². The molecule has 0 amide bonds. The summed E-state index contributed by atoms with van der Waals surface area (Å²) in [5.41, 5.74) is -1.23. The highest BCUT2D eigenvalue weighted by Crippen LogP contribution is 2.43. The van der Waals surface area contributed by atoms with Gasteiger partial charge in [0.05, 0.1) is 11.1 Å². The van der Waals surface area contributed by atoms with E-state index >= 15 is 13.2 Å². The Morgan fingerprint density at radius 1 is 1.02 bits per heavy atom. The van der Waals surface area contributed by atoms with Gasteiger partial charge in [-0.3, -0.25) is 4.90 Å². The van der Waals surface area contributed by atoms with Crippen LogP contribution in [0.15, 0.2) is 36.4 Å². The number of alkyl halides is 1. The van der Waals surface area contributed by atoms with Gasteiger partial charge in [-0.2, -0.15) is 9.97 Å². The molecule has 4 saturated heterocycles. The van der Waals surface area contributed by atoms with Crippen LogP contribution in [0.25, 0.3) is 32.8 Å². The number of aromatic nitrogens is 2. The zero-order valence-corrected chi connectivity index (χ0v) is 23.4. The average molecular weight is 594 g/mol. The second-order valence-corrected chi connectivity index (χ2v) is 12.5. The van der Waals surface area contributed by atoms with Gasteiger partial charge in [-0.1, -0.05) is 12.1 Å². The minimum atomic E-state index is -0.998. The van der Waals surface area contributed by atoms with Gasteiger partial charge in [0, 0.05) is 54.5 Å². The Bertz CT molecular complexity index is 1760. The van der Waals surface area contributed by atoms with E-state index in [0.717, 1.165) is 38.3 Å². The number of hydrogen-bond acceptors (Lipinski definition) is 7. The summed E-state index contributed by atoms with van der Waals surface area (Å²) in [5, 5.41) is 14.4. The van der Waals surface area contributed by atoms with Crippen molar-refractivity contribution >= 4 is 27.5 Å². The maximum absolute atomic E-state index is 16.6. The molecule has 2 N–H and O–H groups in total. The number of hydrogen-bond donors (Lipinski definition) is 2. The molecule has 7 nitrogen and oxygen atoms in total. The summed E-state index contributed by atoms with van der Waals surface area (Å²) in [6.07, 6.45) is 3.14. The number of phenolic OH excluding ortho intramolecular Hbond substituents is 1. The van der Waals surface area contributed by atoms with E-state index in [1.165, 1.54) is 24.3 Å². The molecular weight excluding hydrogens is 562 g/mol. The third kappa shape index (κ3) is 4.38. The minimum absolute atomic E-state index is 0.00989. The van der Waals surface area contributed by atoms with Gasteiger partial charge >= 0.3 is 6.01 Å². The van der Waals surface area contributed by atoms with Gasteiger partial charge in [0.15, 0.2) is 5.82 Å². The lowest BCUT2D eigenvalue weighted by Crippen LogP contribution is -2.51. The SMILES string of the molecule is Oc1cc(-c2c(F)cc3c(N4C[C@H]5CC[C@@H](C4)N5)nc(OC[C@@]45CCCN4C[C@H](F)C5)nc3c2F)c2c(F)cccc2c1. The molecular formula is C32H31F4N5O2. The molecule has 0 aliphatic carbocycles. The van der Waals surface area contributed by atoms with Crippen molar-refractivity contribution in [3.8, 4) is 22.9 Å². The van der Waals surface area contributed by atoms with Gasteiger partial charge in [-0.15, -0.1) is 0 Å². The molecule has 11 heteroatoms. The van der Waals surface area contributed by atoms with Crippen molar-refractivity contribution in [3.63, 3.8) is 0 Å². The van der Waals surface area contributed by atoms with Crippen LogP contribution in [0.5, 0.6) is 11.8 Å². The van der Waals surface area contributed by atoms with E-state index < -0.39 is 34.7 Å². The molecule has 2 bridgehead atoms. The molecule has 4 fully saturated rings. The number of nitrogens with one attached hydrogen (secondary N) is 1. The minimum Gasteiger partial charge on any atom is -0.508 e. The zero-order valence-electron chi connectivity index (χ0n) is 23.4. The van der Waals surface area contributed by atoms with Crippen molar-refractivity contribution in [2.45, 2.75) is 55.9 Å². The monoisotopic (exact) mass is 593 g/mol. The van der Waals surface area contributed by atoms with Crippen molar-refractivity contribution in [1.82, 2.24) is 20.2 Å². The lowest BCUT2D eigenvalue weighted by atomic mass is 9.95. The molecule has 4 aliphatic heterocycles. The van der Waals surface area contributed by atoms with E-state index in [4.69, 9.17) is 9.72 Å². The largest absolute Gasteiger partial charge is 0.508 e. The van der Waals surface area contributed by atoms with Gasteiger partial charge in [0.25, 0.3) is 0 Å². The first-order valence-corrected chi connectivity index (χ1v) is 14.9. The molecule has 0 spiro atoms. The number of rotatable bonds is 5. The predicted octanol–water partition coefficient (Wildman–Crippen LogP) is 5.47. The first kappa shape index (κ1) is 26.9. The third-order valence-electron chi connectivity index (χ3n) is 9.77. The summed E-state index contributed by atoms with van der Waals surface area (Å²) in [6, 6.07) is 8.34. The molecule has 4 atom stereocenters. The summed E-state index contributed by atoms with van der Waals surface area (Å²) in [6.45, 7) is 2.53. The van der Waals surface area contributed by atoms with Gasteiger partial charge in [-0.25, -0.2) is 17.6 Å². The number of anilines is 1. The number of fused-ring (bicyclic) bond motifs is 5. The van der Waals surface area contributed by atoms with E-state index in [-0.39, 0.29) is 52.3 Å². The van der Waals surface area contributed by atoms with Crippen molar-refractivity contribution in [1.29, 1.82) is 0 Å². The van der Waals surface area contributed by atoms with Crippen molar-refractivity contribution in [2.75, 3.05) is 37.7 Å². The molecule has 4 aliphatic rings. The molecule has 224 valence electrons. The third-order valence-corrected chi connectivity index (χ3v) is 9.77. The van der Waals surface area contributed by atoms with E-state index in [2.05, 4.69) is 15.2 Å². The topological polar surface area (TPSA) is 73.8 Å². The highest BCUT2D eigenvalue weighted by atomic mass is 19.1. The second-order valence-electron chi connectivity index (χ2n) is 12.5. The number of nitrogens with zero attached hydrogens (tertiary/aromatic N) is 4. The summed E-state index contributed by atoms with van der Waals surface area (Å²) in [4.78, 5) is 13.3. The quantitative estimate of drug-likeness (QED) is 0.298. The molecule has 0 radical (unpaired) electrons. The number of ether oxygens (including phenoxy) is 1. The van der Waals surface area contributed by atoms with Crippen LogP contribution in [0.3, 0.4) is 0 Å². The highest BCUT2D eigenvalue weighted by molar-refractivity contribution is 6.01. The Morgan fingerprint density at radius 3 is 2.65 bits per heavy atom. The Labute approximate surface area is 245 Å². The zero-order chi connectivity index (χ0) is 29.5. The summed E-state index contributed by atoms with van der Waals surface area (Å²) >= 11 is 0. The van der Waals surface area contributed by atoms with Crippen LogP contribution in [0.4, 0.5) is 23.4 Å². The highest BCUT2D eigenvalue weighted by Gasteiger charge is 2.49. The van der Waals surface area contributed by atoms with Crippen LogP contribution in [-0.2, 0) is 0 Å². The number of benzene rings is 3. The molecule has 5 heterocycles. The maximum atomic E-state index is 16.6. The molecule has 1 aromatic heterocycles. The van der Waals surface area contributed by atoms with Crippen LogP contribution in [0.1, 0.15) is 32.1 Å². The molecule has 3 aromatic carbocycles. The van der Waals surface area contributed by atoms with Crippen molar-refractivity contribution in [3.05, 3.63) is 53.8 Å². The van der Waals surface area contributed by atoms with E-state index in [9.17, 15) is 9.50 Å². The van der Waals surface area contributed by atoms with Crippen LogP contribution in [-0.4, -0.2) is 76.6 Å². The number of halogens is 4. The fourth-order valence-electron chi connectivity index (χ4n) is 7.89. The number of phenols is 1. The molecule has 43 heavy (non-hydrogen) atoms. The fraction of sp³-hybridized carbons (Fsp3) is 0.438. The van der Waals surface area contributed by atoms with Gasteiger partial charge < -0.3 is 20.1 Å². The summed E-state index contributed by atoms with van der Waals surface area (Å²) in [7, 11) is 0. The normalized spacial score (nSPS) is 27.0. The standard InChI is InChI=1S/C32H31F4N5O2/c33-18-12-32(7-2-8-41(32)13-18)16-43-31-38-29-23(30(39-31)40-14-19-5-6-20(15-40)37-19)11-25(35)27(28(29)36)22-10-21(42)9-17-3-1-4-24(34)26(17)22/h1,3-4,9-11,18-20,37,42H,2,5-8,12-16H2/t18-,19-,20+,32+/m1/s1. The van der Waals surface area contributed by atoms with Gasteiger partial charge in [-0.05, 0) is 61.9 Å². The Morgan fingerprint density at radius 2 is 1.84 bits per heavy atom. The summed E-state index contributed by atoms with van der Waals surface area (Å²) in [5.74, 6) is -2.47. The van der Waals surface area contributed by atoms with Gasteiger partial charge in [0.2, 0.25) is 0 Å². The van der Waals surface area contributed by atoms with Crippen molar-refractivity contribution in [2.24, 2.45) is 0 Å². The predicted molar refractivity (Wildman–Crippen MR) is 155 cm³/mol. The van der Waals surface area contributed by atoms with Gasteiger partial charge in [0.1, 0.15) is 41.5 Å². The average Bonchev–Trinajstić information content (AvgIpc) is 3.62. The first-order valence-electron chi connectivity index (χ1n) is 14.9. The van der Waals surface area contributed by atoms with E-state index in [1.54, 1.807) is 6.07 Å². The van der Waals surface area contributed by atoms with Crippen LogP contribution >= 0.6 is 0 Å². The Balaban J connectivity index is 1.28. The molecule has 0 saturated carbocycles. The molecule has 0 unspecified atom stereocenters. The van der Waals surface area contributed by atoms with E-state index in [0.29, 0.717) is 37.3 Å². The number of aromatic hydroxyl groups is 1. The molecule has 4 aromatic rings. The van der Waals surface area contributed by atoms with E-state index in [1.807, 2.05) is 4.90 Å². The Hall–Kier alpha value is -3.70. The van der Waals surface area contributed by atoms with Crippen LogP contribution in [0, 0.1) is 17.5 Å². The lowest BCUT2D eigenvalue weighted by molar-refractivity contribution is 0.107.